The second kappa shape index (κ2) is 9.79. The zero-order chi connectivity index (χ0) is 5.54. The zero-order valence-electron chi connectivity index (χ0n) is 4.13. The molecule has 3 nitrogen and oxygen atoms in total. The van der Waals surface area contributed by atoms with E-state index in [-0.39, 0.29) is 22.4 Å². The van der Waals surface area contributed by atoms with E-state index >= 15 is 0 Å². The van der Waals surface area contributed by atoms with Gasteiger partial charge in [0.15, 0.2) is 0 Å². The van der Waals surface area contributed by atoms with Gasteiger partial charge < -0.3 is 0 Å². The molecule has 0 bridgehead atoms. The first-order valence-electron chi connectivity index (χ1n) is 1.86. The number of hydrogen-bond acceptors (Lipinski definition) is 1. The van der Waals surface area contributed by atoms with Crippen LogP contribution in [0.2, 0.25) is 0 Å². The zero-order valence-corrected chi connectivity index (χ0v) is 5.62. The summed E-state index contributed by atoms with van der Waals surface area (Å²) in [5.74, 6) is 2.34. The van der Waals surface area contributed by atoms with Gasteiger partial charge in [0.1, 0.15) is 0 Å². The van der Waals surface area contributed by atoms with E-state index in [1.807, 2.05) is 0 Å². The van der Waals surface area contributed by atoms with Crippen molar-refractivity contribution in [1.29, 1.82) is 0 Å². The number of azide groups is 1. The maximum Gasteiger partial charge on any atom is 0.0367 e. The van der Waals surface area contributed by atoms with Gasteiger partial charge in [-0.25, -0.2) is 0 Å². The first-order valence-corrected chi connectivity index (χ1v) is 1.86. The Labute approximate surface area is 63.6 Å². The van der Waals surface area contributed by atoms with Crippen molar-refractivity contribution < 1.29 is 22.4 Å². The number of terminal acetylenes is 1. The Morgan fingerprint density at radius 2 is 2.38 bits per heavy atom. The third-order valence-corrected chi connectivity index (χ3v) is 0.419. The molecule has 0 rings (SSSR count). The quantitative estimate of drug-likeness (QED) is 0.162. The molecule has 47 valence electrons. The van der Waals surface area contributed by atoms with E-state index in [1.54, 1.807) is 0 Å². The van der Waals surface area contributed by atoms with Crippen LogP contribution in [0.5, 0.6) is 0 Å². The molecular weight excluding hydrogens is 198 g/mol. The van der Waals surface area contributed by atoms with E-state index in [1.165, 1.54) is 0 Å². The van der Waals surface area contributed by atoms with Gasteiger partial charge in [0.2, 0.25) is 0 Å². The Balaban J connectivity index is 0. The molecule has 0 atom stereocenters. The minimum Gasteiger partial charge on any atom is -0.120 e. The Hall–Kier alpha value is -0.390. The summed E-state index contributed by atoms with van der Waals surface area (Å²) in [5, 5.41) is 3.20. The van der Waals surface area contributed by atoms with E-state index in [2.05, 4.69) is 15.9 Å². The molecule has 0 N–H and O–H groups in total. The van der Waals surface area contributed by atoms with E-state index in [9.17, 15) is 0 Å². The third kappa shape index (κ3) is 9.15. The Morgan fingerprint density at radius 1 is 1.75 bits per heavy atom. The smallest absolute Gasteiger partial charge is 0.0367 e. The van der Waals surface area contributed by atoms with Gasteiger partial charge in [0, 0.05) is 40.3 Å². The monoisotopic (exact) mass is 202 g/mol. The van der Waals surface area contributed by atoms with Crippen molar-refractivity contribution in [2.24, 2.45) is 5.11 Å². The first-order chi connectivity index (χ1) is 3.41. The third-order valence-electron chi connectivity index (χ3n) is 0.419. The summed E-state index contributed by atoms with van der Waals surface area (Å²) in [4.78, 5) is 2.50. The van der Waals surface area contributed by atoms with Crippen LogP contribution in [-0.4, -0.2) is 6.54 Å². The molecule has 0 amide bonds. The summed E-state index contributed by atoms with van der Waals surface area (Å²) in [5.41, 5.74) is 7.68. The predicted molar refractivity (Wildman–Crippen MR) is 27.5 cm³/mol. The van der Waals surface area contributed by atoms with Gasteiger partial charge in [-0.15, -0.1) is 12.3 Å². The van der Waals surface area contributed by atoms with Crippen molar-refractivity contribution in [2.75, 3.05) is 6.54 Å². The van der Waals surface area contributed by atoms with Crippen LogP contribution in [0, 0.1) is 12.3 Å². The van der Waals surface area contributed by atoms with Crippen LogP contribution in [0.25, 0.3) is 10.4 Å². The Morgan fingerprint density at radius 3 is 2.75 bits per heavy atom. The molecule has 1 radical (unpaired) electrons. The molecule has 0 aliphatic heterocycles. The average molecular weight is 203 g/mol. The predicted octanol–water partition coefficient (Wildman–Crippen LogP) is 1.32. The molecule has 0 aromatic rings. The van der Waals surface area contributed by atoms with Crippen molar-refractivity contribution >= 4 is 0 Å². The van der Waals surface area contributed by atoms with Gasteiger partial charge in [-0.3, -0.25) is 0 Å². The Bertz CT molecular complexity index is 120. The van der Waals surface area contributed by atoms with Crippen LogP contribution >= 0.6 is 0 Å². The molecule has 0 aliphatic carbocycles. The summed E-state index contributed by atoms with van der Waals surface area (Å²) in [6.45, 7) is 0.410. The second-order valence-corrected chi connectivity index (χ2v) is 0.909. The van der Waals surface area contributed by atoms with Gasteiger partial charge in [0.25, 0.3) is 0 Å². The molecule has 0 aliphatic rings. The fourth-order valence-electron chi connectivity index (χ4n) is 0.159. The van der Waals surface area contributed by atoms with Crippen molar-refractivity contribution in [3.8, 4) is 12.3 Å². The van der Waals surface area contributed by atoms with Crippen molar-refractivity contribution in [3.63, 3.8) is 0 Å². The van der Waals surface area contributed by atoms with Crippen LogP contribution in [0.1, 0.15) is 6.42 Å². The van der Waals surface area contributed by atoms with Crippen LogP contribution in [-0.2, 0) is 22.4 Å². The van der Waals surface area contributed by atoms with Gasteiger partial charge in [-0.1, -0.05) is 5.11 Å². The second-order valence-electron chi connectivity index (χ2n) is 0.909. The summed E-state index contributed by atoms with van der Waals surface area (Å²) in [7, 11) is 0. The average Bonchev–Trinajstić information content (AvgIpc) is 1.69. The standard InChI is InChI=1S/C4H5N3.Ag/c1-2-3-4-6-7-5;/h1H,3-4H2;. The van der Waals surface area contributed by atoms with Gasteiger partial charge >= 0.3 is 0 Å². The Kier molecular flexibility index (Phi) is 12.9. The molecule has 0 heterocycles. The van der Waals surface area contributed by atoms with Crippen molar-refractivity contribution in [3.05, 3.63) is 10.4 Å². The fraction of sp³-hybridized carbons (Fsp3) is 0.500. The summed E-state index contributed by atoms with van der Waals surface area (Å²) < 4.78 is 0. The van der Waals surface area contributed by atoms with Crippen LogP contribution < -0.4 is 0 Å². The molecule has 4 heteroatoms. The normalized spacial score (nSPS) is 5.38. The molecule has 0 unspecified atom stereocenters. The molecule has 8 heavy (non-hydrogen) atoms. The number of rotatable bonds is 2. The van der Waals surface area contributed by atoms with E-state index in [4.69, 9.17) is 12.0 Å². The fourth-order valence-corrected chi connectivity index (χ4v) is 0.159. The van der Waals surface area contributed by atoms with E-state index in [0.29, 0.717) is 13.0 Å². The molecule has 0 saturated carbocycles. The van der Waals surface area contributed by atoms with Crippen LogP contribution in [0.3, 0.4) is 0 Å². The van der Waals surface area contributed by atoms with Gasteiger partial charge in [-0.05, 0) is 5.53 Å². The maximum absolute atomic E-state index is 7.68. The molecule has 0 saturated heterocycles. The van der Waals surface area contributed by atoms with E-state index in [0.717, 1.165) is 0 Å². The van der Waals surface area contributed by atoms with Crippen LogP contribution in [0.4, 0.5) is 0 Å². The first kappa shape index (κ1) is 10.6. The van der Waals surface area contributed by atoms with Crippen molar-refractivity contribution in [2.45, 2.75) is 6.42 Å². The largest absolute Gasteiger partial charge is 0.120 e. The van der Waals surface area contributed by atoms with Crippen molar-refractivity contribution in [1.82, 2.24) is 0 Å². The summed E-state index contributed by atoms with van der Waals surface area (Å²) in [6, 6.07) is 0. The van der Waals surface area contributed by atoms with Gasteiger partial charge in [-0.2, -0.15) is 0 Å². The maximum atomic E-state index is 7.68. The number of hydrogen-bond donors (Lipinski definition) is 0. The minimum absolute atomic E-state index is 0. The molecule has 0 aromatic heterocycles. The molecule has 0 spiro atoms. The van der Waals surface area contributed by atoms with Gasteiger partial charge in [0.05, 0.1) is 0 Å². The molecule has 0 aromatic carbocycles. The topological polar surface area (TPSA) is 48.8 Å². The summed E-state index contributed by atoms with van der Waals surface area (Å²) in [6.07, 6.45) is 5.37. The molecule has 0 fully saturated rings. The SMILES string of the molecule is C#CCCN=[N+]=[N-].[Ag]. The van der Waals surface area contributed by atoms with E-state index < -0.39 is 0 Å². The minimum atomic E-state index is 0. The number of nitrogens with zero attached hydrogens (tertiary/aromatic N) is 3. The van der Waals surface area contributed by atoms with Crippen LogP contribution in [0.15, 0.2) is 5.11 Å². The summed E-state index contributed by atoms with van der Waals surface area (Å²) >= 11 is 0. The molecular formula is C4H5AgN3.